The maximum absolute atomic E-state index is 6.00. The molecule has 7 heteroatoms. The summed E-state index contributed by atoms with van der Waals surface area (Å²) in [6, 6.07) is 6.30. The summed E-state index contributed by atoms with van der Waals surface area (Å²) in [6.07, 6.45) is 6.12. The van der Waals surface area contributed by atoms with E-state index in [1.54, 1.807) is 13.4 Å². The van der Waals surface area contributed by atoms with Gasteiger partial charge in [-0.05, 0) is 37.5 Å². The molecule has 28 heavy (non-hydrogen) atoms. The van der Waals surface area contributed by atoms with E-state index in [2.05, 4.69) is 31.9 Å². The lowest BCUT2D eigenvalue weighted by Crippen LogP contribution is -2.46. The van der Waals surface area contributed by atoms with Crippen molar-refractivity contribution in [2.24, 2.45) is 0 Å². The van der Waals surface area contributed by atoms with Crippen LogP contribution in [0.4, 0.5) is 5.69 Å². The Morgan fingerprint density at radius 1 is 1.07 bits per heavy atom. The van der Waals surface area contributed by atoms with Gasteiger partial charge >= 0.3 is 0 Å². The standard InChI is InChI=1S/C21H25N5O2/c1-27-21-16-12-15(6-7-17(16)22-14-23-21)26-10-8-25(9-11-26)13-20-24-18-4-2-3-5-19(18)28-20/h6-7,12,14H,2-5,8-11,13H2,1H3. The smallest absolute Gasteiger partial charge is 0.224 e. The van der Waals surface area contributed by atoms with Gasteiger partial charge in [-0.15, -0.1) is 0 Å². The summed E-state index contributed by atoms with van der Waals surface area (Å²) in [6.45, 7) is 4.74. The molecule has 2 aliphatic rings. The minimum atomic E-state index is 0.623. The molecule has 1 fully saturated rings. The van der Waals surface area contributed by atoms with Crippen LogP contribution in [0.25, 0.3) is 10.9 Å². The Hall–Kier alpha value is -2.67. The first-order valence-electron chi connectivity index (χ1n) is 10.0. The molecule has 0 atom stereocenters. The van der Waals surface area contributed by atoms with Crippen molar-refractivity contribution < 1.29 is 9.15 Å². The zero-order chi connectivity index (χ0) is 18.9. The molecule has 3 heterocycles. The lowest BCUT2D eigenvalue weighted by molar-refractivity contribution is 0.224. The first kappa shape index (κ1) is 17.4. The summed E-state index contributed by atoms with van der Waals surface area (Å²) in [4.78, 5) is 18.1. The second-order valence-corrected chi connectivity index (χ2v) is 7.53. The molecule has 1 aromatic carbocycles. The Morgan fingerprint density at radius 3 is 2.75 bits per heavy atom. The molecular formula is C21H25N5O2. The molecule has 1 aliphatic carbocycles. The lowest BCUT2D eigenvalue weighted by atomic mass is 10.0. The second-order valence-electron chi connectivity index (χ2n) is 7.53. The largest absolute Gasteiger partial charge is 0.480 e. The minimum Gasteiger partial charge on any atom is -0.480 e. The SMILES string of the molecule is COc1ncnc2ccc(N3CCN(Cc4nc5c(o4)CCCC5)CC3)cc12. The fraction of sp³-hybridized carbons (Fsp3) is 0.476. The predicted molar refractivity (Wildman–Crippen MR) is 107 cm³/mol. The third kappa shape index (κ3) is 3.30. The van der Waals surface area contributed by atoms with Crippen molar-refractivity contribution in [2.45, 2.75) is 32.2 Å². The number of ether oxygens (including phenoxy) is 1. The number of oxazole rings is 1. The number of fused-ring (bicyclic) bond motifs is 2. The van der Waals surface area contributed by atoms with E-state index in [-0.39, 0.29) is 0 Å². The van der Waals surface area contributed by atoms with Gasteiger partial charge in [0.15, 0.2) is 0 Å². The highest BCUT2D eigenvalue weighted by Gasteiger charge is 2.22. The lowest BCUT2D eigenvalue weighted by Gasteiger charge is -2.35. The number of hydrogen-bond donors (Lipinski definition) is 0. The van der Waals surface area contributed by atoms with Crippen LogP contribution in [0.5, 0.6) is 5.88 Å². The van der Waals surface area contributed by atoms with E-state index < -0.39 is 0 Å². The molecular weight excluding hydrogens is 354 g/mol. The van der Waals surface area contributed by atoms with E-state index in [1.807, 2.05) is 6.07 Å². The first-order valence-corrected chi connectivity index (χ1v) is 10.0. The van der Waals surface area contributed by atoms with E-state index in [4.69, 9.17) is 14.1 Å². The minimum absolute atomic E-state index is 0.623. The van der Waals surface area contributed by atoms with Gasteiger partial charge in [0.25, 0.3) is 0 Å². The van der Waals surface area contributed by atoms with Gasteiger partial charge < -0.3 is 14.1 Å². The van der Waals surface area contributed by atoms with Crippen molar-refractivity contribution >= 4 is 16.6 Å². The van der Waals surface area contributed by atoms with Crippen molar-refractivity contribution in [3.63, 3.8) is 0 Å². The molecule has 0 N–H and O–H groups in total. The Bertz CT molecular complexity index is 955. The first-order chi connectivity index (χ1) is 13.8. The number of rotatable bonds is 4. The molecule has 2 aromatic heterocycles. The number of benzene rings is 1. The molecule has 0 saturated carbocycles. The number of aryl methyl sites for hydroxylation is 2. The van der Waals surface area contributed by atoms with Gasteiger partial charge in [-0.25, -0.2) is 15.0 Å². The van der Waals surface area contributed by atoms with Crippen LogP contribution in [0.3, 0.4) is 0 Å². The van der Waals surface area contributed by atoms with E-state index in [0.29, 0.717) is 5.88 Å². The Morgan fingerprint density at radius 2 is 1.93 bits per heavy atom. The average molecular weight is 379 g/mol. The van der Waals surface area contributed by atoms with Crippen LogP contribution in [0.15, 0.2) is 28.9 Å². The Balaban J connectivity index is 1.25. The van der Waals surface area contributed by atoms with Gasteiger partial charge in [-0.3, -0.25) is 4.90 Å². The average Bonchev–Trinajstić information content (AvgIpc) is 3.16. The topological polar surface area (TPSA) is 67.5 Å². The summed E-state index contributed by atoms with van der Waals surface area (Å²) in [5.74, 6) is 2.62. The number of hydrogen-bond acceptors (Lipinski definition) is 7. The quantitative estimate of drug-likeness (QED) is 0.690. The highest BCUT2D eigenvalue weighted by molar-refractivity contribution is 5.86. The normalized spacial score (nSPS) is 17.7. The van der Waals surface area contributed by atoms with Crippen LogP contribution in [-0.2, 0) is 19.4 Å². The van der Waals surface area contributed by atoms with Crippen molar-refractivity contribution in [2.75, 3.05) is 38.2 Å². The third-order valence-corrected chi connectivity index (χ3v) is 5.76. The fourth-order valence-electron chi connectivity index (χ4n) is 4.21. The van der Waals surface area contributed by atoms with Crippen LogP contribution in [-0.4, -0.2) is 53.1 Å². The Kier molecular flexibility index (Phi) is 4.60. The van der Waals surface area contributed by atoms with Crippen molar-refractivity contribution in [1.29, 1.82) is 0 Å². The van der Waals surface area contributed by atoms with Crippen LogP contribution in [0.1, 0.15) is 30.2 Å². The molecule has 146 valence electrons. The highest BCUT2D eigenvalue weighted by Crippen LogP contribution is 2.27. The maximum atomic E-state index is 6.00. The van der Waals surface area contributed by atoms with Gasteiger partial charge in [-0.2, -0.15) is 0 Å². The number of aromatic nitrogens is 3. The molecule has 0 unspecified atom stereocenters. The molecule has 3 aromatic rings. The molecule has 0 spiro atoms. The zero-order valence-corrected chi connectivity index (χ0v) is 16.2. The predicted octanol–water partition coefficient (Wildman–Crippen LogP) is 2.83. The fourth-order valence-corrected chi connectivity index (χ4v) is 4.21. The molecule has 1 aliphatic heterocycles. The third-order valence-electron chi connectivity index (χ3n) is 5.76. The number of piperazine rings is 1. The van der Waals surface area contributed by atoms with E-state index >= 15 is 0 Å². The summed E-state index contributed by atoms with van der Waals surface area (Å²) < 4.78 is 11.4. The second kappa shape index (κ2) is 7.39. The van der Waals surface area contributed by atoms with E-state index in [1.165, 1.54) is 24.2 Å². The monoisotopic (exact) mass is 379 g/mol. The van der Waals surface area contributed by atoms with Gasteiger partial charge in [0.05, 0.1) is 30.3 Å². The summed E-state index contributed by atoms with van der Waals surface area (Å²) in [5.41, 5.74) is 3.28. The maximum Gasteiger partial charge on any atom is 0.224 e. The van der Waals surface area contributed by atoms with Gasteiger partial charge in [0.1, 0.15) is 12.1 Å². The van der Waals surface area contributed by atoms with Crippen molar-refractivity contribution in [3.05, 3.63) is 41.9 Å². The molecule has 0 radical (unpaired) electrons. The summed E-state index contributed by atoms with van der Waals surface area (Å²) in [7, 11) is 1.65. The van der Waals surface area contributed by atoms with Crippen LogP contribution < -0.4 is 9.64 Å². The molecule has 5 rings (SSSR count). The summed E-state index contributed by atoms with van der Waals surface area (Å²) >= 11 is 0. The van der Waals surface area contributed by atoms with Gasteiger partial charge in [-0.1, -0.05) is 0 Å². The number of nitrogens with zero attached hydrogens (tertiary/aromatic N) is 5. The van der Waals surface area contributed by atoms with Crippen molar-refractivity contribution in [1.82, 2.24) is 19.9 Å². The Labute approximate surface area is 164 Å². The highest BCUT2D eigenvalue weighted by atomic mass is 16.5. The summed E-state index contributed by atoms with van der Waals surface area (Å²) in [5, 5.41) is 0.954. The van der Waals surface area contributed by atoms with Crippen LogP contribution in [0.2, 0.25) is 0 Å². The van der Waals surface area contributed by atoms with Crippen LogP contribution >= 0.6 is 0 Å². The van der Waals surface area contributed by atoms with E-state index in [9.17, 15) is 0 Å². The molecule has 0 bridgehead atoms. The number of methoxy groups -OCH3 is 1. The van der Waals surface area contributed by atoms with Gasteiger partial charge in [0, 0.05) is 38.3 Å². The molecule has 7 nitrogen and oxygen atoms in total. The van der Waals surface area contributed by atoms with Crippen molar-refractivity contribution in [3.8, 4) is 5.88 Å². The number of anilines is 1. The van der Waals surface area contributed by atoms with Gasteiger partial charge in [0.2, 0.25) is 11.8 Å². The molecule has 1 saturated heterocycles. The molecule has 0 amide bonds. The van der Waals surface area contributed by atoms with E-state index in [0.717, 1.165) is 68.1 Å². The zero-order valence-electron chi connectivity index (χ0n) is 16.2. The van der Waals surface area contributed by atoms with Crippen LogP contribution in [0, 0.1) is 0 Å².